The highest BCUT2D eigenvalue weighted by Gasteiger charge is 2.03. The van der Waals surface area contributed by atoms with Crippen molar-refractivity contribution in [2.75, 3.05) is 0 Å². The van der Waals surface area contributed by atoms with E-state index in [0.717, 1.165) is 25.2 Å². The van der Waals surface area contributed by atoms with Crippen molar-refractivity contribution < 1.29 is 4.79 Å². The Bertz CT molecular complexity index is 293. The minimum atomic E-state index is 0.326. The van der Waals surface area contributed by atoms with Crippen molar-refractivity contribution in [2.24, 2.45) is 0 Å². The minimum absolute atomic E-state index is 0.326. The van der Waals surface area contributed by atoms with Crippen LogP contribution in [-0.4, -0.2) is 20.5 Å². The van der Waals surface area contributed by atoms with Crippen LogP contribution in [0.3, 0.4) is 0 Å². The monoisotopic (exact) mass is 195 g/mol. The van der Waals surface area contributed by atoms with Gasteiger partial charge in [-0.3, -0.25) is 9.48 Å². The van der Waals surface area contributed by atoms with Crippen LogP contribution in [0.1, 0.15) is 38.9 Å². The molecule has 0 fully saturated rings. The molecule has 0 saturated heterocycles. The zero-order chi connectivity index (χ0) is 10.4. The van der Waals surface area contributed by atoms with E-state index in [1.165, 1.54) is 0 Å². The molecular weight excluding hydrogens is 178 g/mol. The average molecular weight is 195 g/mol. The molecule has 0 spiro atoms. The summed E-state index contributed by atoms with van der Waals surface area (Å²) in [4.78, 5) is 15.2. The Kier molecular flexibility index (Phi) is 4.29. The van der Waals surface area contributed by atoms with Gasteiger partial charge in [-0.2, -0.15) is 5.10 Å². The van der Waals surface area contributed by atoms with Crippen LogP contribution in [0.15, 0.2) is 6.33 Å². The molecule has 0 aliphatic carbocycles. The largest absolute Gasteiger partial charge is 0.300 e. The number of Topliss-reactive ketones (excluding diaryl/α,β-unsaturated/α-hetero) is 1. The molecule has 0 radical (unpaired) electrons. The third-order valence-corrected chi connectivity index (χ3v) is 2.25. The van der Waals surface area contributed by atoms with Gasteiger partial charge in [0.15, 0.2) is 0 Å². The first-order valence-corrected chi connectivity index (χ1v) is 5.16. The van der Waals surface area contributed by atoms with Gasteiger partial charge < -0.3 is 0 Å². The van der Waals surface area contributed by atoms with Gasteiger partial charge in [-0.1, -0.05) is 6.92 Å². The number of rotatable bonds is 6. The predicted molar refractivity (Wildman–Crippen MR) is 53.9 cm³/mol. The fraction of sp³-hybridized carbons (Fsp3) is 0.700. The van der Waals surface area contributed by atoms with E-state index in [0.29, 0.717) is 18.6 Å². The third kappa shape index (κ3) is 2.94. The number of ketones is 1. The maximum absolute atomic E-state index is 11.1. The first-order chi connectivity index (χ1) is 6.77. The average Bonchev–Trinajstić information content (AvgIpc) is 2.65. The normalized spacial score (nSPS) is 10.4. The van der Waals surface area contributed by atoms with Gasteiger partial charge in [0.2, 0.25) is 0 Å². The summed E-state index contributed by atoms with van der Waals surface area (Å²) in [5, 5.41) is 4.07. The van der Waals surface area contributed by atoms with Gasteiger partial charge in [-0.15, -0.1) is 0 Å². The van der Waals surface area contributed by atoms with Crippen LogP contribution in [0.5, 0.6) is 0 Å². The number of carbonyl (C=O) groups is 1. The summed E-state index contributed by atoms with van der Waals surface area (Å²) in [7, 11) is 0. The molecule has 0 amide bonds. The molecule has 78 valence electrons. The Morgan fingerprint density at radius 3 is 2.93 bits per heavy atom. The number of nitrogens with zero attached hydrogens (tertiary/aromatic N) is 3. The van der Waals surface area contributed by atoms with E-state index < -0.39 is 0 Å². The van der Waals surface area contributed by atoms with Crippen LogP contribution in [0.2, 0.25) is 0 Å². The minimum Gasteiger partial charge on any atom is -0.300 e. The Hall–Kier alpha value is -1.19. The van der Waals surface area contributed by atoms with Crippen molar-refractivity contribution in [3.63, 3.8) is 0 Å². The molecule has 4 heteroatoms. The number of hydrogen-bond donors (Lipinski definition) is 0. The maximum atomic E-state index is 11.1. The molecule has 1 aromatic heterocycles. The lowest BCUT2D eigenvalue weighted by molar-refractivity contribution is -0.118. The molecule has 0 bridgehead atoms. The lowest BCUT2D eigenvalue weighted by Crippen LogP contribution is -2.05. The maximum Gasteiger partial charge on any atom is 0.138 e. The summed E-state index contributed by atoms with van der Waals surface area (Å²) in [6, 6.07) is 0. The third-order valence-electron chi connectivity index (χ3n) is 2.25. The Labute approximate surface area is 84.3 Å². The van der Waals surface area contributed by atoms with Crippen molar-refractivity contribution in [1.29, 1.82) is 0 Å². The molecule has 0 N–H and O–H groups in total. The molecule has 0 atom stereocenters. The number of carbonyl (C=O) groups excluding carboxylic acids is 1. The quantitative estimate of drug-likeness (QED) is 0.692. The lowest BCUT2D eigenvalue weighted by atomic mass is 10.1. The summed E-state index contributed by atoms with van der Waals surface area (Å²) >= 11 is 0. The van der Waals surface area contributed by atoms with Gasteiger partial charge >= 0.3 is 0 Å². The van der Waals surface area contributed by atoms with E-state index in [-0.39, 0.29) is 0 Å². The number of aromatic nitrogens is 3. The second kappa shape index (κ2) is 5.52. The molecule has 14 heavy (non-hydrogen) atoms. The summed E-state index contributed by atoms with van der Waals surface area (Å²) in [6.45, 7) is 4.78. The van der Waals surface area contributed by atoms with Crippen LogP contribution in [-0.2, 0) is 17.8 Å². The molecule has 1 heterocycles. The van der Waals surface area contributed by atoms with Gasteiger partial charge in [-0.05, 0) is 13.3 Å². The zero-order valence-electron chi connectivity index (χ0n) is 8.86. The zero-order valence-corrected chi connectivity index (χ0v) is 8.86. The molecule has 1 rings (SSSR count). The van der Waals surface area contributed by atoms with Crippen LogP contribution in [0.4, 0.5) is 0 Å². The fourth-order valence-corrected chi connectivity index (χ4v) is 1.37. The van der Waals surface area contributed by atoms with Crippen LogP contribution < -0.4 is 0 Å². The summed E-state index contributed by atoms with van der Waals surface area (Å²) in [6.07, 6.45) is 4.60. The second-order valence-electron chi connectivity index (χ2n) is 3.24. The van der Waals surface area contributed by atoms with E-state index in [1.54, 1.807) is 6.33 Å². The van der Waals surface area contributed by atoms with Crippen molar-refractivity contribution in [3.05, 3.63) is 12.2 Å². The van der Waals surface area contributed by atoms with Crippen molar-refractivity contribution in [1.82, 2.24) is 14.8 Å². The van der Waals surface area contributed by atoms with E-state index in [4.69, 9.17) is 0 Å². The molecule has 0 aromatic carbocycles. The van der Waals surface area contributed by atoms with E-state index in [9.17, 15) is 4.79 Å². The highest BCUT2D eigenvalue weighted by molar-refractivity contribution is 5.77. The van der Waals surface area contributed by atoms with Crippen LogP contribution in [0.25, 0.3) is 0 Å². The highest BCUT2D eigenvalue weighted by atomic mass is 16.1. The lowest BCUT2D eigenvalue weighted by Gasteiger charge is -2.01. The van der Waals surface area contributed by atoms with Gasteiger partial charge in [0, 0.05) is 25.8 Å². The van der Waals surface area contributed by atoms with E-state index in [2.05, 4.69) is 10.1 Å². The predicted octanol–water partition coefficient (Wildman–Crippen LogP) is 1.60. The van der Waals surface area contributed by atoms with Crippen molar-refractivity contribution in [3.8, 4) is 0 Å². The molecule has 1 aromatic rings. The van der Waals surface area contributed by atoms with Crippen molar-refractivity contribution >= 4 is 5.78 Å². The van der Waals surface area contributed by atoms with E-state index in [1.807, 2.05) is 18.5 Å². The topological polar surface area (TPSA) is 47.8 Å². The molecule has 0 aliphatic heterocycles. The van der Waals surface area contributed by atoms with E-state index >= 15 is 0 Å². The molecule has 4 nitrogen and oxygen atoms in total. The first kappa shape index (κ1) is 10.9. The Morgan fingerprint density at radius 2 is 2.29 bits per heavy atom. The van der Waals surface area contributed by atoms with Gasteiger partial charge in [0.1, 0.15) is 17.9 Å². The summed E-state index contributed by atoms with van der Waals surface area (Å²) in [5.74, 6) is 1.31. The number of aryl methyl sites for hydroxylation is 2. The smallest absolute Gasteiger partial charge is 0.138 e. The fourth-order valence-electron chi connectivity index (χ4n) is 1.37. The molecule has 0 aliphatic rings. The summed E-state index contributed by atoms with van der Waals surface area (Å²) < 4.78 is 1.87. The molecule has 0 saturated carbocycles. The molecular formula is C10H17N3O. The summed E-state index contributed by atoms with van der Waals surface area (Å²) in [5.41, 5.74) is 0. The van der Waals surface area contributed by atoms with Crippen LogP contribution in [0, 0.1) is 0 Å². The highest BCUT2D eigenvalue weighted by Crippen LogP contribution is 2.03. The van der Waals surface area contributed by atoms with Crippen LogP contribution >= 0.6 is 0 Å². The first-order valence-electron chi connectivity index (χ1n) is 5.16. The Balaban J connectivity index is 2.34. The molecule has 0 unspecified atom stereocenters. The van der Waals surface area contributed by atoms with Crippen molar-refractivity contribution in [2.45, 2.75) is 46.1 Å². The van der Waals surface area contributed by atoms with Gasteiger partial charge in [0.05, 0.1) is 0 Å². The SMILES string of the molecule is CCC(=O)CCCc1ncnn1CC. The van der Waals surface area contributed by atoms with Gasteiger partial charge in [0.25, 0.3) is 0 Å². The number of hydrogen-bond acceptors (Lipinski definition) is 3. The standard InChI is InChI=1S/C10H17N3O/c1-3-9(14)6-5-7-10-11-8-12-13(10)4-2/h8H,3-7H2,1-2H3. The Morgan fingerprint density at radius 1 is 1.50 bits per heavy atom. The second-order valence-corrected chi connectivity index (χ2v) is 3.24. The van der Waals surface area contributed by atoms with Gasteiger partial charge in [-0.25, -0.2) is 4.98 Å².